The van der Waals surface area contributed by atoms with Crippen molar-refractivity contribution in [3.8, 4) is 17.0 Å². The van der Waals surface area contributed by atoms with Crippen molar-refractivity contribution in [3.05, 3.63) is 36.3 Å². The number of benzene rings is 1. The van der Waals surface area contributed by atoms with Crippen LogP contribution in [0.1, 0.15) is 19.8 Å². The summed E-state index contributed by atoms with van der Waals surface area (Å²) in [6, 6.07) is 6.89. The second kappa shape index (κ2) is 9.01. The van der Waals surface area contributed by atoms with Gasteiger partial charge in [-0.3, -0.25) is 0 Å². The molecule has 3 heterocycles. The monoisotopic (exact) mass is 434 g/mol. The fourth-order valence-corrected chi connectivity index (χ4v) is 4.57. The molecule has 0 aliphatic carbocycles. The van der Waals surface area contributed by atoms with E-state index in [1.165, 1.54) is 13.3 Å². The van der Waals surface area contributed by atoms with Crippen LogP contribution in [-0.4, -0.2) is 52.3 Å². The fraction of sp³-hybridized carbons (Fsp3) is 0.381. The number of aromatic nitrogens is 2. The molecule has 4 rings (SSSR count). The van der Waals surface area contributed by atoms with Gasteiger partial charge in [-0.15, -0.1) is 0 Å². The van der Waals surface area contributed by atoms with E-state index in [0.717, 1.165) is 38.7 Å². The summed E-state index contributed by atoms with van der Waals surface area (Å²) >= 11 is 0. The van der Waals surface area contributed by atoms with E-state index in [1.807, 2.05) is 6.07 Å². The Kier molecular flexibility index (Phi) is 6.62. The van der Waals surface area contributed by atoms with Crippen LogP contribution in [0, 0.1) is 10.6 Å². The van der Waals surface area contributed by atoms with Gasteiger partial charge in [0.2, 0.25) is 0 Å². The summed E-state index contributed by atoms with van der Waals surface area (Å²) in [6.07, 6.45) is 3.70. The Hall–Kier alpha value is -2.65. The van der Waals surface area contributed by atoms with E-state index < -0.39 is 15.5 Å². The third kappa shape index (κ3) is 3.99. The van der Waals surface area contributed by atoms with E-state index in [4.69, 9.17) is 14.6 Å². The lowest BCUT2D eigenvalue weighted by Crippen LogP contribution is -2.19. The van der Waals surface area contributed by atoms with Crippen LogP contribution in [-0.2, 0) is 9.73 Å². The van der Waals surface area contributed by atoms with Gasteiger partial charge in [0.1, 0.15) is 11.4 Å². The number of H-pyrrole nitrogens is 1. The molecule has 0 saturated carbocycles. The first-order chi connectivity index (χ1) is 14.4. The van der Waals surface area contributed by atoms with Crippen LogP contribution in [0.25, 0.3) is 22.3 Å². The molecule has 0 bridgehead atoms. The average Bonchev–Trinajstić information content (AvgIpc) is 3.43. The smallest absolute Gasteiger partial charge is 0.158 e. The molecule has 9 heteroatoms. The van der Waals surface area contributed by atoms with Gasteiger partial charge in [0.05, 0.1) is 34.1 Å². The minimum Gasteiger partial charge on any atom is -0.495 e. The molecular formula is C21H27FN4O3S. The number of hydrogen-bond donors (Lipinski definition) is 3. The molecule has 0 amide bonds. The maximum atomic E-state index is 15.3. The van der Waals surface area contributed by atoms with Crippen LogP contribution in [0.3, 0.4) is 0 Å². The zero-order valence-corrected chi connectivity index (χ0v) is 18.2. The summed E-state index contributed by atoms with van der Waals surface area (Å²) in [5.74, 6) is 0.265. The number of halogens is 1. The maximum Gasteiger partial charge on any atom is 0.158 e. The van der Waals surface area contributed by atoms with E-state index in [0.29, 0.717) is 32.9 Å². The summed E-state index contributed by atoms with van der Waals surface area (Å²) in [7, 11) is -0.400. The number of hydrogen-bond acceptors (Lipinski definition) is 6. The number of fused-ring (bicyclic) bond motifs is 1. The SMILES string of the molecule is CCS(=N)(=O)c1ccc(N2CCCC2)c(-c2[nH]c3ncc(OC)cc3c2F)c1.CO. The predicted octanol–water partition coefficient (Wildman–Crippen LogP) is 4.01. The second-order valence-corrected chi connectivity index (χ2v) is 9.32. The molecule has 3 N–H and O–H groups in total. The van der Waals surface area contributed by atoms with Crippen LogP contribution in [0.5, 0.6) is 5.75 Å². The zero-order chi connectivity index (χ0) is 21.9. The molecule has 1 aliphatic rings. The van der Waals surface area contributed by atoms with E-state index >= 15 is 4.39 Å². The van der Waals surface area contributed by atoms with Crippen molar-refractivity contribution in [2.45, 2.75) is 24.7 Å². The van der Waals surface area contributed by atoms with Gasteiger partial charge in [-0.1, -0.05) is 6.92 Å². The molecule has 3 aromatic rings. The summed E-state index contributed by atoms with van der Waals surface area (Å²) in [5.41, 5.74) is 2.21. The molecule has 1 unspecified atom stereocenters. The van der Waals surface area contributed by atoms with E-state index in [9.17, 15) is 4.21 Å². The topological polar surface area (TPSA) is 102 Å². The van der Waals surface area contributed by atoms with Gasteiger partial charge >= 0.3 is 0 Å². The first kappa shape index (κ1) is 22.0. The molecular weight excluding hydrogens is 407 g/mol. The summed E-state index contributed by atoms with van der Waals surface area (Å²) in [6.45, 7) is 3.51. The van der Waals surface area contributed by atoms with Gasteiger partial charge in [-0.05, 0) is 37.1 Å². The lowest BCUT2D eigenvalue weighted by Gasteiger charge is -2.22. The Labute approximate surface area is 175 Å². The van der Waals surface area contributed by atoms with Gasteiger partial charge in [-0.2, -0.15) is 0 Å². The third-order valence-electron chi connectivity index (χ3n) is 5.27. The lowest BCUT2D eigenvalue weighted by atomic mass is 10.1. The normalized spacial score (nSPS) is 15.6. The van der Waals surface area contributed by atoms with E-state index in [1.54, 1.807) is 25.1 Å². The predicted molar refractivity (Wildman–Crippen MR) is 117 cm³/mol. The number of anilines is 1. The standard InChI is InChI=1S/C20H23FN4O2S.CH4O/c1-3-28(22,26)14-6-7-17(25-8-4-5-9-25)15(11-14)19-18(21)16-10-13(27-2)12-23-20(16)24-19;1-2/h6-7,10-12,22H,3-5,8-9H2,1-2H3,(H,23,24);2H,1H3. The largest absolute Gasteiger partial charge is 0.495 e. The Morgan fingerprint density at radius 3 is 2.63 bits per heavy atom. The molecule has 0 spiro atoms. The molecule has 7 nitrogen and oxygen atoms in total. The van der Waals surface area contributed by atoms with E-state index in [2.05, 4.69) is 14.9 Å². The Balaban J connectivity index is 0.00000124. The first-order valence-corrected chi connectivity index (χ1v) is 11.5. The number of aliphatic hydroxyl groups is 1. The summed E-state index contributed by atoms with van der Waals surface area (Å²) in [5, 5.41) is 7.34. The highest BCUT2D eigenvalue weighted by Crippen LogP contribution is 2.38. The van der Waals surface area contributed by atoms with Crippen molar-refractivity contribution in [1.29, 1.82) is 4.78 Å². The Morgan fingerprint density at radius 2 is 2.00 bits per heavy atom. The van der Waals surface area contributed by atoms with Crippen LogP contribution >= 0.6 is 0 Å². The number of rotatable bonds is 5. The molecule has 1 atom stereocenters. The van der Waals surface area contributed by atoms with Gasteiger partial charge in [0, 0.05) is 42.1 Å². The van der Waals surface area contributed by atoms with Gasteiger partial charge in [-0.25, -0.2) is 18.4 Å². The number of aromatic amines is 1. The number of nitrogens with zero attached hydrogens (tertiary/aromatic N) is 2. The molecule has 0 radical (unpaired) electrons. The fourth-order valence-electron chi connectivity index (χ4n) is 3.64. The quantitative estimate of drug-likeness (QED) is 0.563. The highest BCUT2D eigenvalue weighted by Gasteiger charge is 2.23. The van der Waals surface area contributed by atoms with E-state index in [-0.39, 0.29) is 5.75 Å². The van der Waals surface area contributed by atoms with Crippen molar-refractivity contribution >= 4 is 26.4 Å². The summed E-state index contributed by atoms with van der Waals surface area (Å²) in [4.78, 5) is 9.93. The number of aliphatic hydroxyl groups excluding tert-OH is 1. The van der Waals surface area contributed by atoms with Crippen LogP contribution in [0.15, 0.2) is 35.4 Å². The number of methoxy groups -OCH3 is 1. The molecule has 1 aliphatic heterocycles. The van der Waals surface area contributed by atoms with Crippen molar-refractivity contribution in [3.63, 3.8) is 0 Å². The average molecular weight is 435 g/mol. The highest BCUT2D eigenvalue weighted by atomic mass is 32.2. The van der Waals surface area contributed by atoms with Crippen LogP contribution in [0.2, 0.25) is 0 Å². The maximum absolute atomic E-state index is 15.3. The Morgan fingerprint density at radius 1 is 1.30 bits per heavy atom. The zero-order valence-electron chi connectivity index (χ0n) is 17.4. The highest BCUT2D eigenvalue weighted by molar-refractivity contribution is 7.92. The molecule has 162 valence electrons. The van der Waals surface area contributed by atoms with Gasteiger partial charge in [0.15, 0.2) is 5.82 Å². The van der Waals surface area contributed by atoms with Crippen molar-refractivity contribution in [2.75, 3.05) is 38.0 Å². The third-order valence-corrected chi connectivity index (χ3v) is 7.10. The van der Waals surface area contributed by atoms with Crippen LogP contribution < -0.4 is 9.64 Å². The van der Waals surface area contributed by atoms with Crippen molar-refractivity contribution < 1.29 is 18.4 Å². The Bertz CT molecular complexity index is 1140. The molecule has 2 aromatic heterocycles. The summed E-state index contributed by atoms with van der Waals surface area (Å²) < 4.78 is 41.3. The van der Waals surface area contributed by atoms with Gasteiger partial charge in [0.25, 0.3) is 0 Å². The molecule has 1 aromatic carbocycles. The number of ether oxygens (including phenoxy) is 1. The minimum atomic E-state index is -2.91. The van der Waals surface area contributed by atoms with Crippen molar-refractivity contribution in [2.24, 2.45) is 0 Å². The first-order valence-electron chi connectivity index (χ1n) is 9.76. The lowest BCUT2D eigenvalue weighted by molar-refractivity contribution is 0.399. The molecule has 30 heavy (non-hydrogen) atoms. The van der Waals surface area contributed by atoms with Gasteiger partial charge < -0.3 is 19.7 Å². The minimum absolute atomic E-state index is 0.212. The number of nitrogens with one attached hydrogen (secondary N) is 2. The number of pyridine rings is 1. The van der Waals surface area contributed by atoms with Crippen LogP contribution in [0.4, 0.5) is 10.1 Å². The second-order valence-electron chi connectivity index (χ2n) is 6.92. The molecule has 1 saturated heterocycles. The van der Waals surface area contributed by atoms with Crippen molar-refractivity contribution in [1.82, 2.24) is 9.97 Å². The molecule has 1 fully saturated rings.